The van der Waals surface area contributed by atoms with Gasteiger partial charge < -0.3 is 0 Å². The van der Waals surface area contributed by atoms with Crippen molar-refractivity contribution in [2.24, 2.45) is 0 Å². The van der Waals surface area contributed by atoms with Crippen LogP contribution >= 0.6 is 0 Å². The fraction of sp³-hybridized carbons (Fsp3) is 0.455. The molecule has 1 N–H and O–H groups in total. The number of halogens is 3. The molecule has 1 aliphatic heterocycles. The van der Waals surface area contributed by atoms with E-state index in [9.17, 15) is 21.6 Å². The number of nitrogens with zero attached hydrogens (tertiary/aromatic N) is 1. The Hall–Kier alpha value is -1.16. The van der Waals surface area contributed by atoms with Gasteiger partial charge in [0.2, 0.25) is 0 Å². The van der Waals surface area contributed by atoms with Gasteiger partial charge in [0, 0.05) is 13.1 Å². The minimum absolute atomic E-state index is 0.112. The van der Waals surface area contributed by atoms with E-state index in [2.05, 4.69) is 4.84 Å². The average Bonchev–Trinajstić information content (AvgIpc) is 2.36. The van der Waals surface area contributed by atoms with Crippen molar-refractivity contribution in [1.29, 1.82) is 0 Å². The summed E-state index contributed by atoms with van der Waals surface area (Å²) in [5, 5.41) is 0. The van der Waals surface area contributed by atoms with Gasteiger partial charge in [-0.3, -0.25) is 4.84 Å². The first kappa shape index (κ1) is 15.2. The second-order valence-electron chi connectivity index (χ2n) is 4.34. The minimum Gasteiger partial charge on any atom is -0.276 e. The maximum atomic E-state index is 11.9. The van der Waals surface area contributed by atoms with Crippen molar-refractivity contribution < 1.29 is 26.4 Å². The largest absolute Gasteiger partial charge is 0.413 e. The molecular weight excluding hydrogens is 297 g/mol. The number of hydrogen-bond acceptors (Lipinski definition) is 3. The first-order valence-electron chi connectivity index (χ1n) is 5.80. The molecule has 1 aromatic carbocycles. The Balaban J connectivity index is 1.98. The molecule has 0 bridgehead atoms. The Morgan fingerprint density at radius 3 is 2.55 bits per heavy atom. The molecule has 0 unspecified atom stereocenters. The lowest BCUT2D eigenvalue weighted by molar-refractivity contribution is -0.181. The molecule has 0 saturated heterocycles. The summed E-state index contributed by atoms with van der Waals surface area (Å²) in [5.74, 6) is 0. The lowest BCUT2D eigenvalue weighted by Crippen LogP contribution is -2.44. The van der Waals surface area contributed by atoms with E-state index in [1.807, 2.05) is 12.1 Å². The molecule has 9 heteroatoms. The second kappa shape index (κ2) is 5.68. The summed E-state index contributed by atoms with van der Waals surface area (Å²) < 4.78 is 60.3. The van der Waals surface area contributed by atoms with E-state index in [4.69, 9.17) is 0 Å². The Morgan fingerprint density at radius 1 is 1.25 bits per heavy atom. The van der Waals surface area contributed by atoms with Crippen LogP contribution in [-0.2, 0) is 28.0 Å². The summed E-state index contributed by atoms with van der Waals surface area (Å²) >= 11 is 0. The zero-order chi connectivity index (χ0) is 14.8. The van der Waals surface area contributed by atoms with E-state index >= 15 is 0 Å². The van der Waals surface area contributed by atoms with Crippen LogP contribution in [0.2, 0.25) is 0 Å². The molecule has 0 amide bonds. The van der Waals surface area contributed by atoms with Crippen LogP contribution in [0.15, 0.2) is 24.3 Å². The highest BCUT2D eigenvalue weighted by Gasteiger charge is 2.31. The van der Waals surface area contributed by atoms with Crippen LogP contribution in [0.4, 0.5) is 13.2 Å². The number of nitrogens with one attached hydrogen (secondary N) is 1. The van der Waals surface area contributed by atoms with Crippen LogP contribution in [-0.4, -0.2) is 32.1 Å². The van der Waals surface area contributed by atoms with Gasteiger partial charge in [-0.2, -0.15) is 25.9 Å². The van der Waals surface area contributed by atoms with Crippen LogP contribution in [0.25, 0.3) is 0 Å². The summed E-state index contributed by atoms with van der Waals surface area (Å²) in [6, 6.07) is 7.32. The maximum absolute atomic E-state index is 11.9. The number of hydrogen-bond donors (Lipinski definition) is 1. The summed E-state index contributed by atoms with van der Waals surface area (Å²) in [5.41, 5.74) is 1.87. The Labute approximate surface area is 114 Å². The zero-order valence-corrected chi connectivity index (χ0v) is 11.2. The Bertz CT molecular complexity index is 575. The predicted octanol–water partition coefficient (Wildman–Crippen LogP) is 1.37. The van der Waals surface area contributed by atoms with Crippen molar-refractivity contribution in [3.63, 3.8) is 0 Å². The molecule has 0 radical (unpaired) electrons. The van der Waals surface area contributed by atoms with Gasteiger partial charge in [0.25, 0.3) is 0 Å². The second-order valence-corrected chi connectivity index (χ2v) is 5.98. The normalized spacial score (nSPS) is 16.9. The van der Waals surface area contributed by atoms with E-state index in [1.54, 1.807) is 12.1 Å². The lowest BCUT2D eigenvalue weighted by Gasteiger charge is -2.27. The number of fused-ring (bicyclic) bond motifs is 1. The number of rotatable bonds is 4. The molecule has 20 heavy (non-hydrogen) atoms. The van der Waals surface area contributed by atoms with Gasteiger partial charge in [-0.25, -0.2) is 0 Å². The van der Waals surface area contributed by atoms with Crippen LogP contribution in [0.3, 0.4) is 0 Å². The van der Waals surface area contributed by atoms with Crippen LogP contribution in [0, 0.1) is 0 Å². The first-order chi connectivity index (χ1) is 9.28. The van der Waals surface area contributed by atoms with Gasteiger partial charge in [-0.1, -0.05) is 29.2 Å². The summed E-state index contributed by atoms with van der Waals surface area (Å²) in [7, 11) is -4.09. The molecular formula is C11H13F3N2O3S. The Morgan fingerprint density at radius 2 is 1.90 bits per heavy atom. The predicted molar refractivity (Wildman–Crippen MR) is 64.6 cm³/mol. The van der Waals surface area contributed by atoms with Gasteiger partial charge >= 0.3 is 16.4 Å². The molecule has 5 nitrogen and oxygen atoms in total. The monoisotopic (exact) mass is 310 g/mol. The molecule has 0 atom stereocenters. The fourth-order valence-electron chi connectivity index (χ4n) is 1.91. The van der Waals surface area contributed by atoms with Gasteiger partial charge in [0.15, 0.2) is 6.61 Å². The minimum atomic E-state index is -4.59. The lowest BCUT2D eigenvalue weighted by atomic mass is 10.0. The fourth-order valence-corrected chi connectivity index (χ4v) is 2.87. The maximum Gasteiger partial charge on any atom is 0.413 e. The average molecular weight is 310 g/mol. The van der Waals surface area contributed by atoms with Gasteiger partial charge in [-0.05, 0) is 17.5 Å². The van der Waals surface area contributed by atoms with Crippen LogP contribution < -0.4 is 4.89 Å². The van der Waals surface area contributed by atoms with Crippen molar-refractivity contribution >= 4 is 10.2 Å². The van der Waals surface area contributed by atoms with E-state index in [0.717, 1.165) is 15.4 Å². The molecule has 2 rings (SSSR count). The molecule has 0 aromatic heterocycles. The van der Waals surface area contributed by atoms with Gasteiger partial charge in [0.05, 0.1) is 0 Å². The molecule has 1 heterocycles. The quantitative estimate of drug-likeness (QED) is 0.855. The van der Waals surface area contributed by atoms with Crippen LogP contribution in [0.5, 0.6) is 0 Å². The third kappa shape index (κ3) is 3.92. The highest BCUT2D eigenvalue weighted by molar-refractivity contribution is 7.86. The topological polar surface area (TPSA) is 58.6 Å². The van der Waals surface area contributed by atoms with Crippen molar-refractivity contribution in [2.75, 3.05) is 13.2 Å². The summed E-state index contributed by atoms with van der Waals surface area (Å²) in [4.78, 5) is 5.49. The summed E-state index contributed by atoms with van der Waals surface area (Å²) in [6.07, 6.45) is -4.08. The van der Waals surface area contributed by atoms with Gasteiger partial charge in [0.1, 0.15) is 0 Å². The van der Waals surface area contributed by atoms with Crippen molar-refractivity contribution in [2.45, 2.75) is 19.1 Å². The summed E-state index contributed by atoms with van der Waals surface area (Å²) in [6.45, 7) is -1.36. The van der Waals surface area contributed by atoms with E-state index in [-0.39, 0.29) is 13.1 Å². The highest BCUT2D eigenvalue weighted by Crippen LogP contribution is 2.20. The third-order valence-corrected chi connectivity index (χ3v) is 4.16. The SMILES string of the molecule is O=S(=O)(NOCC(F)(F)F)N1CCc2ccccc2C1. The first-order valence-corrected chi connectivity index (χ1v) is 7.24. The molecule has 112 valence electrons. The highest BCUT2D eigenvalue weighted by atomic mass is 32.2. The van der Waals surface area contributed by atoms with Gasteiger partial charge in [-0.15, -0.1) is 0 Å². The van der Waals surface area contributed by atoms with Crippen molar-refractivity contribution in [3.05, 3.63) is 35.4 Å². The van der Waals surface area contributed by atoms with Crippen molar-refractivity contribution in [3.8, 4) is 0 Å². The molecule has 1 aromatic rings. The molecule has 0 saturated carbocycles. The molecule has 0 aliphatic carbocycles. The molecule has 1 aliphatic rings. The smallest absolute Gasteiger partial charge is 0.276 e. The zero-order valence-electron chi connectivity index (χ0n) is 10.4. The Kier molecular flexibility index (Phi) is 4.33. The molecule has 0 spiro atoms. The van der Waals surface area contributed by atoms with Crippen molar-refractivity contribution in [1.82, 2.24) is 9.19 Å². The molecule has 0 fully saturated rings. The third-order valence-electron chi connectivity index (χ3n) is 2.84. The van der Waals surface area contributed by atoms with E-state index < -0.39 is 23.0 Å². The number of benzene rings is 1. The van der Waals surface area contributed by atoms with Crippen LogP contribution in [0.1, 0.15) is 11.1 Å². The number of alkyl halides is 3. The van der Waals surface area contributed by atoms with E-state index in [1.165, 1.54) is 4.89 Å². The van der Waals surface area contributed by atoms with E-state index in [0.29, 0.717) is 6.42 Å². The standard InChI is InChI=1S/C11H13F3N2O3S/c12-11(13,14)8-19-15-20(17,18)16-6-5-9-3-1-2-4-10(9)7-16/h1-4,15H,5-8H2.